The zero-order valence-electron chi connectivity index (χ0n) is 20.5. The monoisotopic (exact) mass is 545 g/mol. The van der Waals surface area contributed by atoms with Crippen LogP contribution in [-0.2, 0) is 7.05 Å². The minimum Gasteiger partial charge on any atom is -0.400 e. The average molecular weight is 546 g/mol. The molecule has 0 unspecified atom stereocenters. The maximum Gasteiger partial charge on any atom is 0.433 e. The van der Waals surface area contributed by atoms with Gasteiger partial charge in [0.05, 0.1) is 34.3 Å². The summed E-state index contributed by atoms with van der Waals surface area (Å²) in [6.07, 6.45) is 1.26. The maximum atomic E-state index is 13.4. The number of aromatic nitrogens is 3. The highest BCUT2D eigenvalue weighted by Gasteiger charge is 2.18. The largest absolute Gasteiger partial charge is 0.433 e. The van der Waals surface area contributed by atoms with Gasteiger partial charge in [-0.25, -0.2) is 14.4 Å². The summed E-state index contributed by atoms with van der Waals surface area (Å²) in [6, 6.07) is 17.7. The number of para-hydroxylation sites is 1. The van der Waals surface area contributed by atoms with Crippen molar-refractivity contribution in [3.8, 4) is 16.9 Å². The number of nitro benzene ring substituents is 1. The second-order valence-electron chi connectivity index (χ2n) is 8.22. The molecule has 3 heterocycles. The van der Waals surface area contributed by atoms with Crippen molar-refractivity contribution in [2.75, 3.05) is 0 Å². The first kappa shape index (κ1) is 25.3. The Morgan fingerprint density at radius 2 is 1.77 bits per heavy atom. The number of nitrogens with zero attached hydrogens (tertiary/aromatic N) is 7. The average Bonchev–Trinajstić information content (AvgIpc) is 3.62. The minimum absolute atomic E-state index is 0.110. The lowest BCUT2D eigenvalue weighted by Gasteiger charge is -2.07. The minimum atomic E-state index is -0.666. The summed E-state index contributed by atoms with van der Waals surface area (Å²) in [5, 5.41) is 28.5. The Labute approximate surface area is 223 Å². The summed E-state index contributed by atoms with van der Waals surface area (Å²) in [6.45, 7) is 1.77. The molecule has 0 bridgehead atoms. The highest BCUT2D eigenvalue weighted by molar-refractivity contribution is 7.07. The molecule has 5 aromatic rings. The number of furan rings is 1. The molecular formula is C25H19N7O6S. The molecule has 3 aromatic heterocycles. The van der Waals surface area contributed by atoms with E-state index < -0.39 is 15.7 Å². The van der Waals surface area contributed by atoms with Crippen LogP contribution >= 0.6 is 11.3 Å². The van der Waals surface area contributed by atoms with Crippen molar-refractivity contribution in [3.63, 3.8) is 0 Å². The van der Waals surface area contributed by atoms with Crippen LogP contribution in [0.15, 0.2) is 91.4 Å². The SMILES string of the molecule is Cc1c(N=c2scc(-c3cccc([N+](=O)[O-])c3)n2N=Cc2ccc([N+](=O)[O-])o2)c(=O)n(-c2ccccc2)n1C. The quantitative estimate of drug-likeness (QED) is 0.166. The molecule has 5 rings (SSSR count). The van der Waals surface area contributed by atoms with Crippen molar-refractivity contribution >= 4 is 34.8 Å². The van der Waals surface area contributed by atoms with Gasteiger partial charge in [-0.2, -0.15) is 5.10 Å². The van der Waals surface area contributed by atoms with Crippen LogP contribution in [0.4, 0.5) is 17.3 Å². The molecule has 0 aliphatic rings. The van der Waals surface area contributed by atoms with Gasteiger partial charge in [0.2, 0.25) is 4.80 Å². The first-order valence-electron chi connectivity index (χ1n) is 11.4. The fourth-order valence-corrected chi connectivity index (χ4v) is 4.71. The van der Waals surface area contributed by atoms with E-state index in [0.717, 1.165) is 0 Å². The van der Waals surface area contributed by atoms with E-state index in [9.17, 15) is 25.0 Å². The zero-order valence-corrected chi connectivity index (χ0v) is 21.3. The summed E-state index contributed by atoms with van der Waals surface area (Å²) in [4.78, 5) is 39.5. The fraction of sp³-hybridized carbons (Fsp3) is 0.0800. The third-order valence-corrected chi connectivity index (χ3v) is 6.68. The second kappa shape index (κ2) is 10.2. The number of hydrogen-bond donors (Lipinski definition) is 0. The number of non-ortho nitro benzene ring substituents is 1. The standard InChI is InChI=1S/C25H19N7O6S/c1-16-23(24(33)30(28(16)2)18-8-4-3-5-9-18)27-25-29(26-14-20-11-12-22(38-20)32(36)37)21(15-39-25)17-7-6-10-19(13-17)31(34)35/h3-15H,1-2H3. The molecule has 0 spiro atoms. The first-order chi connectivity index (χ1) is 18.7. The van der Waals surface area contributed by atoms with E-state index in [0.29, 0.717) is 27.4 Å². The molecule has 0 amide bonds. The van der Waals surface area contributed by atoms with E-state index in [1.165, 1.54) is 51.2 Å². The Kier molecular flexibility index (Phi) is 6.60. The number of rotatable bonds is 7. The summed E-state index contributed by atoms with van der Waals surface area (Å²) in [5.74, 6) is -0.337. The number of hydrogen-bond acceptors (Lipinski definition) is 9. The maximum absolute atomic E-state index is 13.4. The molecule has 196 valence electrons. The first-order valence-corrected chi connectivity index (χ1v) is 12.3. The van der Waals surface area contributed by atoms with Crippen molar-refractivity contribution in [2.45, 2.75) is 6.92 Å². The van der Waals surface area contributed by atoms with Crippen LogP contribution in [0.25, 0.3) is 16.9 Å². The van der Waals surface area contributed by atoms with E-state index in [-0.39, 0.29) is 22.7 Å². The molecule has 0 N–H and O–H groups in total. The predicted octanol–water partition coefficient (Wildman–Crippen LogP) is 4.54. The molecule has 0 fully saturated rings. The third kappa shape index (κ3) is 4.83. The highest BCUT2D eigenvalue weighted by Crippen LogP contribution is 2.25. The van der Waals surface area contributed by atoms with Gasteiger partial charge in [-0.05, 0) is 25.1 Å². The van der Waals surface area contributed by atoms with Gasteiger partial charge in [-0.1, -0.05) is 30.3 Å². The highest BCUT2D eigenvalue weighted by atomic mass is 32.1. The Hall–Kier alpha value is -5.37. The molecule has 0 radical (unpaired) electrons. The van der Waals surface area contributed by atoms with Gasteiger partial charge < -0.3 is 4.42 Å². The molecule has 0 atom stereocenters. The van der Waals surface area contributed by atoms with Crippen LogP contribution in [0.3, 0.4) is 0 Å². The zero-order chi connectivity index (χ0) is 27.7. The van der Waals surface area contributed by atoms with E-state index in [4.69, 9.17) is 4.42 Å². The van der Waals surface area contributed by atoms with Gasteiger partial charge >= 0.3 is 5.88 Å². The molecule has 0 aliphatic carbocycles. The van der Waals surface area contributed by atoms with E-state index in [2.05, 4.69) is 10.1 Å². The van der Waals surface area contributed by atoms with Crippen molar-refractivity contribution in [1.29, 1.82) is 0 Å². The summed E-state index contributed by atoms with van der Waals surface area (Å²) in [5.41, 5.74) is 1.94. The molecule has 0 aliphatic heterocycles. The Balaban J connectivity index is 1.69. The third-order valence-electron chi connectivity index (χ3n) is 5.86. The molecule has 2 aromatic carbocycles. The Morgan fingerprint density at radius 1 is 1.00 bits per heavy atom. The van der Waals surface area contributed by atoms with Gasteiger partial charge in [-0.3, -0.25) is 29.7 Å². The lowest BCUT2D eigenvalue weighted by molar-refractivity contribution is -0.402. The molecule has 39 heavy (non-hydrogen) atoms. The van der Waals surface area contributed by atoms with Gasteiger partial charge in [0.25, 0.3) is 11.2 Å². The molecule has 0 saturated heterocycles. The molecule has 0 saturated carbocycles. The van der Waals surface area contributed by atoms with Crippen molar-refractivity contribution in [2.24, 2.45) is 17.1 Å². The lowest BCUT2D eigenvalue weighted by Crippen LogP contribution is -2.19. The number of thiazole rings is 1. The number of nitro groups is 2. The van der Waals surface area contributed by atoms with Gasteiger partial charge in [0.1, 0.15) is 4.92 Å². The molecule has 14 heteroatoms. The van der Waals surface area contributed by atoms with E-state index >= 15 is 0 Å². The summed E-state index contributed by atoms with van der Waals surface area (Å²) < 4.78 is 9.76. The van der Waals surface area contributed by atoms with E-state index in [1.807, 2.05) is 30.3 Å². The smallest absolute Gasteiger partial charge is 0.400 e. The fourth-order valence-electron chi connectivity index (χ4n) is 3.87. The van der Waals surface area contributed by atoms with Crippen LogP contribution in [0.1, 0.15) is 11.5 Å². The lowest BCUT2D eigenvalue weighted by atomic mass is 10.1. The van der Waals surface area contributed by atoms with Gasteiger partial charge in [0, 0.05) is 30.1 Å². The van der Waals surface area contributed by atoms with Crippen LogP contribution in [0, 0.1) is 27.2 Å². The van der Waals surface area contributed by atoms with Crippen LogP contribution in [0.5, 0.6) is 0 Å². The molecule has 13 nitrogen and oxygen atoms in total. The van der Waals surface area contributed by atoms with E-state index in [1.54, 1.807) is 36.2 Å². The summed E-state index contributed by atoms with van der Waals surface area (Å²) in [7, 11) is 1.75. The Morgan fingerprint density at radius 3 is 2.46 bits per heavy atom. The van der Waals surface area contributed by atoms with Gasteiger partial charge in [-0.15, -0.1) is 11.3 Å². The predicted molar refractivity (Wildman–Crippen MR) is 144 cm³/mol. The van der Waals surface area contributed by atoms with Crippen LogP contribution in [0.2, 0.25) is 0 Å². The van der Waals surface area contributed by atoms with Crippen LogP contribution < -0.4 is 10.4 Å². The number of benzene rings is 2. The van der Waals surface area contributed by atoms with Crippen LogP contribution in [-0.4, -0.2) is 30.1 Å². The summed E-state index contributed by atoms with van der Waals surface area (Å²) >= 11 is 1.17. The van der Waals surface area contributed by atoms with Crippen molar-refractivity contribution in [3.05, 3.63) is 119 Å². The molecular weight excluding hydrogens is 526 g/mol. The second-order valence-corrected chi connectivity index (χ2v) is 9.06. The Bertz CT molecular complexity index is 1870. The van der Waals surface area contributed by atoms with Gasteiger partial charge in [0.15, 0.2) is 11.4 Å². The van der Waals surface area contributed by atoms with Crippen molar-refractivity contribution in [1.82, 2.24) is 14.0 Å². The topological polar surface area (TPSA) is 156 Å². The van der Waals surface area contributed by atoms with Crippen molar-refractivity contribution < 1.29 is 14.3 Å². The normalized spacial score (nSPS) is 11.9.